The van der Waals surface area contributed by atoms with Crippen molar-refractivity contribution in [3.63, 3.8) is 0 Å². The quantitative estimate of drug-likeness (QED) is 0.374. The summed E-state index contributed by atoms with van der Waals surface area (Å²) >= 11 is 0. The second-order valence-electron chi connectivity index (χ2n) is 7.21. The van der Waals surface area contributed by atoms with Crippen molar-refractivity contribution in [2.75, 3.05) is 27.9 Å². The van der Waals surface area contributed by atoms with Gasteiger partial charge < -0.3 is 24.3 Å². The molecular weight excluding hydrogens is 422 g/mol. The van der Waals surface area contributed by atoms with Gasteiger partial charge in [0.25, 0.3) is 0 Å². The fourth-order valence-electron chi connectivity index (χ4n) is 3.27. The predicted molar refractivity (Wildman–Crippen MR) is 124 cm³/mol. The van der Waals surface area contributed by atoms with Gasteiger partial charge in [-0.3, -0.25) is 4.79 Å². The molecule has 3 aromatic rings. The second-order valence-corrected chi connectivity index (χ2v) is 7.21. The Morgan fingerprint density at radius 2 is 1.33 bits per heavy atom. The number of carbonyl (C=O) groups is 2. The molecule has 0 saturated carbocycles. The van der Waals surface area contributed by atoms with Gasteiger partial charge in [0.1, 0.15) is 0 Å². The number of esters is 1. The van der Waals surface area contributed by atoms with E-state index in [9.17, 15) is 9.59 Å². The Morgan fingerprint density at radius 3 is 2.03 bits per heavy atom. The lowest BCUT2D eigenvalue weighted by atomic mass is 10.1. The molecule has 0 aliphatic heterocycles. The summed E-state index contributed by atoms with van der Waals surface area (Å²) in [6.45, 7) is 0.457. The Labute approximate surface area is 193 Å². The highest BCUT2D eigenvalue weighted by Gasteiger charge is 2.13. The highest BCUT2D eigenvalue weighted by Crippen LogP contribution is 2.29. The van der Waals surface area contributed by atoms with E-state index in [4.69, 9.17) is 18.9 Å². The zero-order valence-electron chi connectivity index (χ0n) is 18.9. The van der Waals surface area contributed by atoms with Gasteiger partial charge in [-0.15, -0.1) is 0 Å². The molecule has 172 valence electrons. The summed E-state index contributed by atoms with van der Waals surface area (Å²) in [5.41, 5.74) is 2.23. The topological polar surface area (TPSA) is 83.1 Å². The Kier molecular flexibility index (Phi) is 8.30. The van der Waals surface area contributed by atoms with Crippen molar-refractivity contribution in [2.24, 2.45) is 0 Å². The highest BCUT2D eigenvalue weighted by atomic mass is 16.6. The summed E-state index contributed by atoms with van der Waals surface area (Å²) in [5.74, 6) is 1.45. The van der Waals surface area contributed by atoms with Gasteiger partial charge in [-0.1, -0.05) is 30.3 Å². The smallest absolute Gasteiger partial charge is 0.343 e. The molecule has 3 rings (SSSR count). The van der Waals surface area contributed by atoms with E-state index in [0.29, 0.717) is 41.5 Å². The first-order chi connectivity index (χ1) is 16.0. The molecule has 0 aliphatic rings. The van der Waals surface area contributed by atoms with Crippen LogP contribution in [0, 0.1) is 0 Å². The molecule has 1 N–H and O–H groups in total. The van der Waals surface area contributed by atoms with Crippen LogP contribution in [0.1, 0.15) is 21.5 Å². The van der Waals surface area contributed by atoms with Crippen LogP contribution in [0.4, 0.5) is 0 Å². The van der Waals surface area contributed by atoms with Gasteiger partial charge in [0.15, 0.2) is 23.0 Å². The molecule has 7 heteroatoms. The van der Waals surface area contributed by atoms with E-state index < -0.39 is 5.97 Å². The summed E-state index contributed by atoms with van der Waals surface area (Å²) in [7, 11) is 4.65. The Balaban J connectivity index is 1.54. The molecule has 0 heterocycles. The summed E-state index contributed by atoms with van der Waals surface area (Å²) < 4.78 is 21.3. The molecule has 0 aliphatic carbocycles. The molecular formula is C26H27NO6. The van der Waals surface area contributed by atoms with E-state index >= 15 is 0 Å². The normalized spacial score (nSPS) is 10.3. The summed E-state index contributed by atoms with van der Waals surface area (Å²) in [6, 6.07) is 19.5. The number of carbonyl (C=O) groups excluding carboxylic acids is 2. The fourth-order valence-corrected chi connectivity index (χ4v) is 3.27. The largest absolute Gasteiger partial charge is 0.493 e. The van der Waals surface area contributed by atoms with Crippen molar-refractivity contribution in [1.82, 2.24) is 5.32 Å². The molecule has 33 heavy (non-hydrogen) atoms. The van der Waals surface area contributed by atoms with Gasteiger partial charge in [-0.2, -0.15) is 0 Å². The van der Waals surface area contributed by atoms with Crippen LogP contribution in [-0.4, -0.2) is 39.8 Å². The Hall–Kier alpha value is -4.00. The van der Waals surface area contributed by atoms with Crippen molar-refractivity contribution in [3.05, 3.63) is 83.4 Å². The number of nitrogens with one attached hydrogen (secondary N) is 1. The minimum atomic E-state index is -0.455. The Bertz CT molecular complexity index is 1100. The van der Waals surface area contributed by atoms with Crippen molar-refractivity contribution in [2.45, 2.75) is 12.8 Å². The van der Waals surface area contributed by atoms with Gasteiger partial charge >= 0.3 is 5.97 Å². The van der Waals surface area contributed by atoms with Crippen molar-refractivity contribution in [1.29, 1.82) is 0 Å². The summed E-state index contributed by atoms with van der Waals surface area (Å²) in [6.07, 6.45) is 0.832. The zero-order chi connectivity index (χ0) is 23.6. The second kappa shape index (κ2) is 11.6. The molecule has 0 fully saturated rings. The first-order valence-electron chi connectivity index (χ1n) is 10.5. The number of benzene rings is 3. The van der Waals surface area contributed by atoms with E-state index in [1.54, 1.807) is 62.8 Å². The van der Waals surface area contributed by atoms with Gasteiger partial charge in [-0.05, 0) is 53.9 Å². The predicted octanol–water partition coefficient (Wildman–Crippen LogP) is 3.83. The number of methoxy groups -OCH3 is 3. The molecule has 3 aromatic carbocycles. The molecule has 0 unspecified atom stereocenters. The van der Waals surface area contributed by atoms with E-state index in [0.717, 1.165) is 11.1 Å². The Morgan fingerprint density at radius 1 is 0.727 bits per heavy atom. The number of hydrogen-bond donors (Lipinski definition) is 1. The van der Waals surface area contributed by atoms with Gasteiger partial charge in [0.05, 0.1) is 33.3 Å². The van der Waals surface area contributed by atoms with Crippen molar-refractivity contribution < 1.29 is 28.5 Å². The SMILES string of the molecule is COc1ccc(CC(=O)NCCc2ccc(OC(=O)c3ccccc3)c(OC)c2)cc1OC. The molecule has 0 radical (unpaired) electrons. The number of amides is 1. The molecule has 0 atom stereocenters. The van der Waals surface area contributed by atoms with Crippen LogP contribution in [0.25, 0.3) is 0 Å². The van der Waals surface area contributed by atoms with Crippen molar-refractivity contribution in [3.8, 4) is 23.0 Å². The molecule has 1 amide bonds. The lowest BCUT2D eigenvalue weighted by Gasteiger charge is -2.12. The average Bonchev–Trinajstić information content (AvgIpc) is 2.85. The van der Waals surface area contributed by atoms with Crippen LogP contribution < -0.4 is 24.3 Å². The minimum Gasteiger partial charge on any atom is -0.493 e. The molecule has 7 nitrogen and oxygen atoms in total. The molecule has 0 aromatic heterocycles. The van der Waals surface area contributed by atoms with Crippen LogP contribution in [0.2, 0.25) is 0 Å². The van der Waals surface area contributed by atoms with Gasteiger partial charge in [0.2, 0.25) is 5.91 Å². The molecule has 0 saturated heterocycles. The third-order valence-corrected chi connectivity index (χ3v) is 4.99. The van der Waals surface area contributed by atoms with Gasteiger partial charge in [-0.25, -0.2) is 4.79 Å². The minimum absolute atomic E-state index is 0.0948. The lowest BCUT2D eigenvalue weighted by molar-refractivity contribution is -0.120. The first-order valence-corrected chi connectivity index (χ1v) is 10.5. The third kappa shape index (κ3) is 6.49. The molecule has 0 spiro atoms. The average molecular weight is 450 g/mol. The fraction of sp³-hybridized carbons (Fsp3) is 0.231. The van der Waals surface area contributed by atoms with Crippen LogP contribution in [0.15, 0.2) is 66.7 Å². The van der Waals surface area contributed by atoms with Crippen LogP contribution >= 0.6 is 0 Å². The summed E-state index contributed by atoms with van der Waals surface area (Å²) in [4.78, 5) is 24.6. The van der Waals surface area contributed by atoms with E-state index in [1.165, 1.54) is 7.11 Å². The standard InChI is InChI=1S/C26H27NO6/c1-30-21-11-10-19(16-23(21)31-2)17-25(28)27-14-13-18-9-12-22(24(15-18)32-3)33-26(29)20-7-5-4-6-8-20/h4-12,15-16H,13-14,17H2,1-3H3,(H,27,28). The molecule has 0 bridgehead atoms. The van der Waals surface area contributed by atoms with E-state index in [2.05, 4.69) is 5.32 Å². The lowest BCUT2D eigenvalue weighted by Crippen LogP contribution is -2.27. The number of hydrogen-bond acceptors (Lipinski definition) is 6. The maximum Gasteiger partial charge on any atom is 0.343 e. The van der Waals surface area contributed by atoms with Crippen LogP contribution in [0.5, 0.6) is 23.0 Å². The highest BCUT2D eigenvalue weighted by molar-refractivity contribution is 5.91. The number of rotatable bonds is 10. The van der Waals surface area contributed by atoms with E-state index in [-0.39, 0.29) is 12.3 Å². The third-order valence-electron chi connectivity index (χ3n) is 4.99. The van der Waals surface area contributed by atoms with Crippen LogP contribution in [-0.2, 0) is 17.6 Å². The zero-order valence-corrected chi connectivity index (χ0v) is 18.9. The van der Waals surface area contributed by atoms with Crippen molar-refractivity contribution >= 4 is 11.9 Å². The monoisotopic (exact) mass is 449 g/mol. The maximum atomic E-state index is 12.3. The van der Waals surface area contributed by atoms with E-state index in [1.807, 2.05) is 18.2 Å². The summed E-state index contributed by atoms with van der Waals surface area (Å²) in [5, 5.41) is 2.91. The first kappa shape index (κ1) is 23.7. The van der Waals surface area contributed by atoms with Gasteiger partial charge in [0, 0.05) is 6.54 Å². The maximum absolute atomic E-state index is 12.3. The van der Waals surface area contributed by atoms with Crippen LogP contribution in [0.3, 0.4) is 0 Å². The number of ether oxygens (including phenoxy) is 4.